The Morgan fingerprint density at radius 1 is 1.35 bits per heavy atom. The summed E-state index contributed by atoms with van der Waals surface area (Å²) >= 11 is 0. The maximum Gasteiger partial charge on any atom is 0.0659 e. The van der Waals surface area contributed by atoms with E-state index in [4.69, 9.17) is 10.5 Å². The van der Waals surface area contributed by atoms with Crippen LogP contribution in [0.4, 0.5) is 0 Å². The molecule has 1 rings (SSSR count). The zero-order valence-corrected chi connectivity index (χ0v) is 11.9. The van der Waals surface area contributed by atoms with Gasteiger partial charge in [0, 0.05) is 32.3 Å². The van der Waals surface area contributed by atoms with Crippen molar-refractivity contribution in [2.75, 3.05) is 46.9 Å². The van der Waals surface area contributed by atoms with Gasteiger partial charge >= 0.3 is 0 Å². The molecule has 4 nitrogen and oxygen atoms in total. The minimum atomic E-state index is 0.00723. The van der Waals surface area contributed by atoms with Gasteiger partial charge in [-0.15, -0.1) is 0 Å². The summed E-state index contributed by atoms with van der Waals surface area (Å²) in [6.07, 6.45) is 2.46. The number of hydrogen-bond acceptors (Lipinski definition) is 4. The summed E-state index contributed by atoms with van der Waals surface area (Å²) < 4.78 is 5.58. The van der Waals surface area contributed by atoms with Crippen molar-refractivity contribution in [3.8, 4) is 0 Å². The molecule has 0 radical (unpaired) electrons. The average molecular weight is 243 g/mol. The van der Waals surface area contributed by atoms with Crippen LogP contribution < -0.4 is 5.73 Å². The number of nitrogens with two attached hydrogens (primary N) is 1. The first-order valence-electron chi connectivity index (χ1n) is 6.72. The predicted octanol–water partition coefficient (Wildman–Crippen LogP) is 0.766. The van der Waals surface area contributed by atoms with E-state index in [0.717, 1.165) is 32.3 Å². The van der Waals surface area contributed by atoms with Crippen LogP contribution in [0.25, 0.3) is 0 Å². The van der Waals surface area contributed by atoms with Crippen molar-refractivity contribution in [1.29, 1.82) is 0 Å². The third-order valence-corrected chi connectivity index (χ3v) is 4.02. The van der Waals surface area contributed by atoms with Crippen molar-refractivity contribution in [2.45, 2.75) is 38.3 Å². The van der Waals surface area contributed by atoms with Gasteiger partial charge < -0.3 is 15.4 Å². The van der Waals surface area contributed by atoms with Crippen molar-refractivity contribution in [3.05, 3.63) is 0 Å². The van der Waals surface area contributed by atoms with E-state index in [9.17, 15) is 0 Å². The fourth-order valence-electron chi connectivity index (χ4n) is 2.52. The van der Waals surface area contributed by atoms with E-state index in [0.29, 0.717) is 6.54 Å². The molecule has 102 valence electrons. The Balaban J connectivity index is 2.49. The maximum atomic E-state index is 5.94. The second-order valence-electron chi connectivity index (χ2n) is 5.52. The molecular formula is C13H29N3O. The maximum absolute atomic E-state index is 5.94. The lowest BCUT2D eigenvalue weighted by atomic mass is 9.95. The number of nitrogens with zero attached hydrogens (tertiary/aromatic N) is 2. The quantitative estimate of drug-likeness (QED) is 0.748. The first-order chi connectivity index (χ1) is 8.03. The van der Waals surface area contributed by atoms with E-state index in [1.54, 1.807) is 0 Å². The Kier molecular flexibility index (Phi) is 5.86. The van der Waals surface area contributed by atoms with Crippen LogP contribution in [0.2, 0.25) is 0 Å². The molecule has 1 heterocycles. The molecule has 0 aromatic carbocycles. The van der Waals surface area contributed by atoms with Crippen LogP contribution in [0.5, 0.6) is 0 Å². The molecule has 0 aromatic heterocycles. The normalized spacial score (nSPS) is 22.9. The highest BCUT2D eigenvalue weighted by Crippen LogP contribution is 2.22. The van der Waals surface area contributed by atoms with Gasteiger partial charge in [0.05, 0.1) is 12.1 Å². The number of likely N-dealkylation sites (tertiary alicyclic amines) is 1. The molecule has 0 aliphatic carbocycles. The Hall–Kier alpha value is -0.160. The predicted molar refractivity (Wildman–Crippen MR) is 72.2 cm³/mol. The molecule has 1 aliphatic rings. The van der Waals surface area contributed by atoms with Gasteiger partial charge in [-0.05, 0) is 40.8 Å². The summed E-state index contributed by atoms with van der Waals surface area (Å²) in [5, 5.41) is 0. The second kappa shape index (κ2) is 6.69. The molecule has 17 heavy (non-hydrogen) atoms. The van der Waals surface area contributed by atoms with Crippen LogP contribution in [-0.2, 0) is 4.74 Å². The van der Waals surface area contributed by atoms with E-state index < -0.39 is 0 Å². The topological polar surface area (TPSA) is 41.7 Å². The van der Waals surface area contributed by atoms with Crippen molar-refractivity contribution >= 4 is 0 Å². The lowest BCUT2D eigenvalue weighted by Gasteiger charge is -2.45. The Morgan fingerprint density at radius 3 is 2.35 bits per heavy atom. The van der Waals surface area contributed by atoms with Gasteiger partial charge in [-0.3, -0.25) is 4.90 Å². The lowest BCUT2D eigenvalue weighted by Crippen LogP contribution is -2.58. The summed E-state index contributed by atoms with van der Waals surface area (Å²) in [5.74, 6) is 0. The van der Waals surface area contributed by atoms with Crippen LogP contribution in [-0.4, -0.2) is 68.3 Å². The van der Waals surface area contributed by atoms with Gasteiger partial charge in [0.15, 0.2) is 0 Å². The molecule has 1 fully saturated rings. The van der Waals surface area contributed by atoms with Crippen LogP contribution in [0.1, 0.15) is 26.7 Å². The summed E-state index contributed by atoms with van der Waals surface area (Å²) in [5.41, 5.74) is 5.95. The SMILES string of the molecule is CCOCC(C)(CN)N1CCC(N(C)C)CC1. The largest absolute Gasteiger partial charge is 0.380 e. The van der Waals surface area contributed by atoms with Gasteiger partial charge in [-0.1, -0.05) is 0 Å². The van der Waals surface area contributed by atoms with Gasteiger partial charge in [0.1, 0.15) is 0 Å². The fourth-order valence-corrected chi connectivity index (χ4v) is 2.52. The smallest absolute Gasteiger partial charge is 0.0659 e. The minimum absolute atomic E-state index is 0.00723. The third-order valence-electron chi connectivity index (χ3n) is 4.02. The molecule has 1 saturated heterocycles. The third kappa shape index (κ3) is 3.91. The van der Waals surface area contributed by atoms with Crippen LogP contribution in [0.3, 0.4) is 0 Å². The molecule has 1 aliphatic heterocycles. The highest BCUT2D eigenvalue weighted by Gasteiger charge is 2.34. The molecule has 1 atom stereocenters. The van der Waals surface area contributed by atoms with Crippen molar-refractivity contribution in [2.24, 2.45) is 5.73 Å². The molecule has 0 spiro atoms. The average Bonchev–Trinajstić information content (AvgIpc) is 2.36. The van der Waals surface area contributed by atoms with Crippen LogP contribution in [0, 0.1) is 0 Å². The molecular weight excluding hydrogens is 214 g/mol. The highest BCUT2D eigenvalue weighted by molar-refractivity contribution is 4.91. The van der Waals surface area contributed by atoms with E-state index in [2.05, 4.69) is 30.8 Å². The first-order valence-corrected chi connectivity index (χ1v) is 6.72. The van der Waals surface area contributed by atoms with Crippen molar-refractivity contribution in [1.82, 2.24) is 9.80 Å². The summed E-state index contributed by atoms with van der Waals surface area (Å²) in [6.45, 7) is 8.69. The molecule has 0 saturated carbocycles. The summed E-state index contributed by atoms with van der Waals surface area (Å²) in [7, 11) is 4.34. The van der Waals surface area contributed by atoms with Gasteiger partial charge in [-0.2, -0.15) is 0 Å². The number of ether oxygens (including phenoxy) is 1. The Morgan fingerprint density at radius 2 is 1.94 bits per heavy atom. The van der Waals surface area contributed by atoms with Crippen LogP contribution in [0.15, 0.2) is 0 Å². The Labute approximate surface area is 106 Å². The zero-order chi connectivity index (χ0) is 12.9. The van der Waals surface area contributed by atoms with Crippen molar-refractivity contribution < 1.29 is 4.74 Å². The fraction of sp³-hybridized carbons (Fsp3) is 1.00. The standard InChI is InChI=1S/C13H29N3O/c1-5-17-11-13(2,10-14)16-8-6-12(7-9-16)15(3)4/h12H,5-11,14H2,1-4H3. The van der Waals surface area contributed by atoms with Gasteiger partial charge in [0.2, 0.25) is 0 Å². The van der Waals surface area contributed by atoms with E-state index in [1.807, 2.05) is 6.92 Å². The van der Waals surface area contributed by atoms with Crippen LogP contribution >= 0.6 is 0 Å². The van der Waals surface area contributed by atoms with E-state index in [1.165, 1.54) is 12.8 Å². The molecule has 0 aromatic rings. The molecule has 0 amide bonds. The second-order valence-corrected chi connectivity index (χ2v) is 5.52. The number of piperidine rings is 1. The first kappa shape index (κ1) is 14.9. The molecule has 2 N–H and O–H groups in total. The lowest BCUT2D eigenvalue weighted by molar-refractivity contribution is -0.0100. The summed E-state index contributed by atoms with van der Waals surface area (Å²) in [6, 6.07) is 0.723. The Bertz CT molecular complexity index is 215. The minimum Gasteiger partial charge on any atom is -0.380 e. The monoisotopic (exact) mass is 243 g/mol. The van der Waals surface area contributed by atoms with E-state index >= 15 is 0 Å². The number of hydrogen-bond donors (Lipinski definition) is 1. The van der Waals surface area contributed by atoms with Gasteiger partial charge in [-0.25, -0.2) is 0 Å². The van der Waals surface area contributed by atoms with Crippen molar-refractivity contribution in [3.63, 3.8) is 0 Å². The van der Waals surface area contributed by atoms with Gasteiger partial charge in [0.25, 0.3) is 0 Å². The zero-order valence-electron chi connectivity index (χ0n) is 11.9. The van der Waals surface area contributed by atoms with E-state index in [-0.39, 0.29) is 5.54 Å². The highest BCUT2D eigenvalue weighted by atomic mass is 16.5. The molecule has 1 unspecified atom stereocenters. The number of rotatable bonds is 6. The molecule has 0 bridgehead atoms. The molecule has 4 heteroatoms. The summed E-state index contributed by atoms with van der Waals surface area (Å²) in [4.78, 5) is 4.84.